The van der Waals surface area contributed by atoms with Crippen molar-refractivity contribution in [2.24, 2.45) is 4.99 Å². The summed E-state index contributed by atoms with van der Waals surface area (Å²) in [7, 11) is 3.03. The van der Waals surface area contributed by atoms with Crippen LogP contribution in [0, 0.1) is 10.1 Å². The lowest BCUT2D eigenvalue weighted by atomic mass is 9.95. The molecule has 48 heavy (non-hydrogen) atoms. The maximum Gasteiger partial charge on any atom is 0.338 e. The average molecular weight is 674 g/mol. The van der Waals surface area contributed by atoms with Crippen molar-refractivity contribution in [2.75, 3.05) is 20.8 Å². The van der Waals surface area contributed by atoms with Crippen LogP contribution in [-0.4, -0.2) is 42.4 Å². The molecule has 0 spiro atoms. The third kappa shape index (κ3) is 7.10. The van der Waals surface area contributed by atoms with Crippen molar-refractivity contribution in [2.45, 2.75) is 46.4 Å². The second-order valence-corrected chi connectivity index (χ2v) is 12.0. The molecule has 1 aromatic heterocycles. The number of carbonyl (C=O) groups is 1. The third-order valence-corrected chi connectivity index (χ3v) is 8.37. The number of hydrogen-bond acceptors (Lipinski definition) is 11. The molecular weight excluding hydrogens is 638 g/mol. The van der Waals surface area contributed by atoms with Crippen molar-refractivity contribution < 1.29 is 33.4 Å². The smallest absolute Gasteiger partial charge is 0.338 e. The number of non-ortho nitro benzene ring substituents is 1. The van der Waals surface area contributed by atoms with Gasteiger partial charge in [0.1, 0.15) is 6.61 Å². The summed E-state index contributed by atoms with van der Waals surface area (Å²) in [4.78, 5) is 43.1. The van der Waals surface area contributed by atoms with E-state index >= 15 is 0 Å². The maximum absolute atomic E-state index is 14.1. The number of rotatable bonds is 12. The van der Waals surface area contributed by atoms with E-state index in [1.54, 1.807) is 68.5 Å². The fourth-order valence-corrected chi connectivity index (χ4v) is 6.32. The molecule has 0 saturated carbocycles. The van der Waals surface area contributed by atoms with Crippen molar-refractivity contribution in [3.63, 3.8) is 0 Å². The minimum Gasteiger partial charge on any atom is -0.493 e. The molecule has 1 aliphatic rings. The Kier molecular flexibility index (Phi) is 10.3. The van der Waals surface area contributed by atoms with Crippen LogP contribution in [0.2, 0.25) is 0 Å². The molecule has 12 nitrogen and oxygen atoms in total. The number of thiazole rings is 1. The van der Waals surface area contributed by atoms with Crippen LogP contribution in [0.5, 0.6) is 23.0 Å². The lowest BCUT2D eigenvalue weighted by Crippen LogP contribution is -2.40. The molecule has 1 aliphatic heterocycles. The van der Waals surface area contributed by atoms with E-state index < -0.39 is 16.9 Å². The average Bonchev–Trinajstić information content (AvgIpc) is 3.36. The Morgan fingerprint density at radius 1 is 1.04 bits per heavy atom. The highest BCUT2D eigenvalue weighted by Gasteiger charge is 2.34. The van der Waals surface area contributed by atoms with Crippen LogP contribution in [0.1, 0.15) is 50.4 Å². The summed E-state index contributed by atoms with van der Waals surface area (Å²) in [5, 5.41) is 11.1. The number of hydrogen-bond donors (Lipinski definition) is 0. The highest BCUT2D eigenvalue weighted by molar-refractivity contribution is 7.07. The number of aromatic nitrogens is 1. The van der Waals surface area contributed by atoms with Gasteiger partial charge in [0.2, 0.25) is 0 Å². The molecule has 3 aromatic carbocycles. The topological polar surface area (TPSA) is 141 Å². The molecule has 0 fully saturated rings. The van der Waals surface area contributed by atoms with Gasteiger partial charge >= 0.3 is 5.97 Å². The van der Waals surface area contributed by atoms with Gasteiger partial charge in [0.15, 0.2) is 27.8 Å². The summed E-state index contributed by atoms with van der Waals surface area (Å²) >= 11 is 1.20. The fraction of sp³-hybridized carbons (Fsp3) is 0.286. The van der Waals surface area contributed by atoms with Crippen molar-refractivity contribution in [1.29, 1.82) is 0 Å². The van der Waals surface area contributed by atoms with Gasteiger partial charge in [-0.1, -0.05) is 35.6 Å². The molecule has 0 aliphatic carbocycles. The predicted molar refractivity (Wildman–Crippen MR) is 180 cm³/mol. The molecule has 0 amide bonds. The van der Waals surface area contributed by atoms with E-state index in [4.69, 9.17) is 23.7 Å². The minimum atomic E-state index is -0.830. The number of ether oxygens (including phenoxy) is 5. The number of fused-ring (bicyclic) bond motifs is 1. The lowest BCUT2D eigenvalue weighted by molar-refractivity contribution is -0.384. The van der Waals surface area contributed by atoms with E-state index in [1.807, 2.05) is 13.8 Å². The molecule has 0 unspecified atom stereocenters. The van der Waals surface area contributed by atoms with Gasteiger partial charge in [0, 0.05) is 12.1 Å². The monoisotopic (exact) mass is 673 g/mol. The first-order valence-electron chi connectivity index (χ1n) is 15.1. The molecule has 0 saturated heterocycles. The van der Waals surface area contributed by atoms with E-state index in [-0.39, 0.29) is 36.1 Å². The first-order chi connectivity index (χ1) is 23.0. The van der Waals surface area contributed by atoms with Crippen LogP contribution >= 0.6 is 11.3 Å². The Morgan fingerprint density at radius 3 is 2.46 bits per heavy atom. The molecule has 0 N–H and O–H groups in total. The van der Waals surface area contributed by atoms with Gasteiger partial charge in [-0.05, 0) is 74.7 Å². The van der Waals surface area contributed by atoms with Gasteiger partial charge in [0.05, 0.1) is 53.7 Å². The quantitative estimate of drug-likeness (QED) is 0.114. The Hall–Kier alpha value is -5.43. The Bertz CT molecular complexity index is 2080. The summed E-state index contributed by atoms with van der Waals surface area (Å²) in [6, 6.07) is 15.9. The van der Waals surface area contributed by atoms with E-state index in [9.17, 15) is 19.7 Å². The minimum absolute atomic E-state index is 0.0250. The number of nitro groups is 1. The molecule has 0 radical (unpaired) electrons. The van der Waals surface area contributed by atoms with Gasteiger partial charge in [-0.25, -0.2) is 9.79 Å². The molecular formula is C35H35N3O9S. The Balaban J connectivity index is 1.54. The largest absolute Gasteiger partial charge is 0.493 e. The molecule has 13 heteroatoms. The summed E-state index contributed by atoms with van der Waals surface area (Å²) in [5.74, 6) is 1.27. The molecule has 4 aromatic rings. The van der Waals surface area contributed by atoms with Crippen molar-refractivity contribution >= 4 is 29.1 Å². The van der Waals surface area contributed by atoms with Crippen LogP contribution in [-0.2, 0) is 16.1 Å². The molecule has 250 valence electrons. The number of benzene rings is 3. The van der Waals surface area contributed by atoms with Crippen LogP contribution < -0.4 is 33.8 Å². The van der Waals surface area contributed by atoms with Crippen molar-refractivity contribution in [1.82, 2.24) is 4.57 Å². The zero-order valence-corrected chi connectivity index (χ0v) is 28.2. The van der Waals surface area contributed by atoms with E-state index in [0.29, 0.717) is 54.7 Å². The number of nitrogens with zero attached hydrogens (tertiary/aromatic N) is 3. The normalized spacial score (nSPS) is 14.3. The third-order valence-electron chi connectivity index (χ3n) is 7.38. The fourth-order valence-electron chi connectivity index (χ4n) is 5.28. The van der Waals surface area contributed by atoms with Crippen LogP contribution in [0.25, 0.3) is 6.08 Å². The second-order valence-electron chi connectivity index (χ2n) is 11.0. The number of esters is 1. The standard InChI is InChI=1S/C35H35N3O9S/c1-7-45-34(40)31-21(4)36-35-37(32(31)24-12-14-27(47-20(2)3)29(18-24)44-6)33(39)30(48-35)17-22-11-13-26(28(16-22)43-5)46-19-23-9-8-10-25(15-23)38(41)42/h8-18,20,32H,7,19H2,1-6H3/b30-17-/t32-/m0/s1. The first-order valence-corrected chi connectivity index (χ1v) is 15.9. The molecule has 1 atom stereocenters. The van der Waals surface area contributed by atoms with Gasteiger partial charge in [-0.15, -0.1) is 0 Å². The number of nitro benzene ring substituents is 1. The summed E-state index contributed by atoms with van der Waals surface area (Å²) in [6.07, 6.45) is 1.63. The van der Waals surface area contributed by atoms with Crippen molar-refractivity contribution in [3.05, 3.63) is 118 Å². The zero-order valence-electron chi connectivity index (χ0n) is 27.3. The Morgan fingerprint density at radius 2 is 1.77 bits per heavy atom. The predicted octanol–water partition coefficient (Wildman–Crippen LogP) is 5.09. The maximum atomic E-state index is 14.1. The molecule has 2 heterocycles. The van der Waals surface area contributed by atoms with Crippen LogP contribution in [0.15, 0.2) is 81.7 Å². The SMILES string of the molecule is CCOC(=O)C1=C(C)N=c2s/c(=C\c3ccc(OCc4cccc([N+](=O)[O-])c4)c(OC)c3)c(=O)n2[C@H]1c1ccc(OC(C)C)c(OC)c1. The number of methoxy groups -OCH3 is 2. The summed E-state index contributed by atoms with van der Waals surface area (Å²) < 4.78 is 30.3. The van der Waals surface area contributed by atoms with Crippen LogP contribution in [0.3, 0.4) is 0 Å². The lowest BCUT2D eigenvalue weighted by Gasteiger charge is -2.25. The van der Waals surface area contributed by atoms with E-state index in [0.717, 1.165) is 0 Å². The summed E-state index contributed by atoms with van der Waals surface area (Å²) in [6.45, 7) is 7.51. The zero-order chi connectivity index (χ0) is 34.5. The van der Waals surface area contributed by atoms with Gasteiger partial charge in [-0.3, -0.25) is 19.5 Å². The second kappa shape index (κ2) is 14.6. The van der Waals surface area contributed by atoms with E-state index in [1.165, 1.54) is 42.3 Å². The number of carbonyl (C=O) groups excluding carboxylic acids is 1. The van der Waals surface area contributed by atoms with E-state index in [2.05, 4.69) is 4.99 Å². The highest BCUT2D eigenvalue weighted by Crippen LogP contribution is 2.37. The van der Waals surface area contributed by atoms with Gasteiger partial charge in [-0.2, -0.15) is 0 Å². The van der Waals surface area contributed by atoms with Gasteiger partial charge < -0.3 is 23.7 Å². The Labute approximate surface area is 280 Å². The van der Waals surface area contributed by atoms with Crippen LogP contribution in [0.4, 0.5) is 5.69 Å². The molecule has 0 bridgehead atoms. The first kappa shape index (κ1) is 33.9. The van der Waals surface area contributed by atoms with Gasteiger partial charge in [0.25, 0.3) is 11.2 Å². The number of allylic oxidation sites excluding steroid dienone is 1. The molecule has 5 rings (SSSR count). The van der Waals surface area contributed by atoms with Crippen molar-refractivity contribution in [3.8, 4) is 23.0 Å². The summed E-state index contributed by atoms with van der Waals surface area (Å²) in [5.41, 5.74) is 2.24. The highest BCUT2D eigenvalue weighted by atomic mass is 32.1.